The molecule has 0 atom stereocenters. The van der Waals surface area contributed by atoms with E-state index in [1.165, 1.54) is 32.7 Å². The molecule has 1 N–H and O–H groups in total. The van der Waals surface area contributed by atoms with Crippen LogP contribution in [0.25, 0.3) is 20.4 Å². The Morgan fingerprint density at radius 2 is 1.97 bits per heavy atom. The molecule has 0 fully saturated rings. The standard InChI is InChI=1S/C21H21N5O3S3/c1-4-25-19(28)13-8-10(2)31-17(13)23-21(25)30-9-15(27)24-26-11(3)22-18-16(20(26)29)12-6-5-7-14(12)32-18/h8H,4-7,9H2,1-3H3,(H,24,27). The van der Waals surface area contributed by atoms with Gasteiger partial charge < -0.3 is 0 Å². The highest BCUT2D eigenvalue weighted by Crippen LogP contribution is 2.34. The van der Waals surface area contributed by atoms with Crippen molar-refractivity contribution in [3.8, 4) is 0 Å². The van der Waals surface area contributed by atoms with Crippen LogP contribution in [0.15, 0.2) is 20.8 Å². The fourth-order valence-electron chi connectivity index (χ4n) is 4.07. The van der Waals surface area contributed by atoms with Crippen molar-refractivity contribution in [3.63, 3.8) is 0 Å². The predicted molar refractivity (Wildman–Crippen MR) is 130 cm³/mol. The van der Waals surface area contributed by atoms with E-state index in [1.54, 1.807) is 22.8 Å². The number of fused-ring (bicyclic) bond motifs is 4. The number of hydrogen-bond acceptors (Lipinski definition) is 8. The fraction of sp³-hybridized carbons (Fsp3) is 0.381. The van der Waals surface area contributed by atoms with Gasteiger partial charge in [0.1, 0.15) is 15.5 Å². The molecular formula is C21H21N5O3S3. The highest BCUT2D eigenvalue weighted by atomic mass is 32.2. The van der Waals surface area contributed by atoms with Gasteiger partial charge in [0.2, 0.25) is 5.91 Å². The number of carbonyl (C=O) groups excluding carboxylic acids is 1. The van der Waals surface area contributed by atoms with Crippen LogP contribution in [0.5, 0.6) is 0 Å². The summed E-state index contributed by atoms with van der Waals surface area (Å²) in [5.41, 5.74) is 3.44. The van der Waals surface area contributed by atoms with Gasteiger partial charge in [-0.2, -0.15) is 0 Å². The smallest absolute Gasteiger partial charge is 0.281 e. The second kappa shape index (κ2) is 8.13. The van der Waals surface area contributed by atoms with E-state index in [2.05, 4.69) is 15.4 Å². The quantitative estimate of drug-likeness (QED) is 0.343. The topological polar surface area (TPSA) is 98.9 Å². The molecule has 5 rings (SSSR count). The van der Waals surface area contributed by atoms with Crippen LogP contribution in [0, 0.1) is 13.8 Å². The van der Waals surface area contributed by atoms with Gasteiger partial charge in [0.25, 0.3) is 11.1 Å². The summed E-state index contributed by atoms with van der Waals surface area (Å²) in [5.74, 6) is 0.112. The number of thioether (sulfide) groups is 1. The molecule has 8 nitrogen and oxygen atoms in total. The largest absolute Gasteiger partial charge is 0.287 e. The molecule has 1 aliphatic carbocycles. The number of nitrogens with one attached hydrogen (secondary N) is 1. The van der Waals surface area contributed by atoms with Gasteiger partial charge >= 0.3 is 0 Å². The Hall–Kier alpha value is -2.50. The minimum absolute atomic E-state index is 0.0218. The SMILES string of the molecule is CCn1c(SCC(=O)Nn2c(C)nc3sc4c(c3c2=O)CCC4)nc2sc(C)cc2c1=O. The monoisotopic (exact) mass is 487 g/mol. The van der Waals surface area contributed by atoms with Crippen LogP contribution in [-0.4, -0.2) is 30.9 Å². The summed E-state index contributed by atoms with van der Waals surface area (Å²) in [6.07, 6.45) is 2.91. The molecule has 0 saturated carbocycles. The maximum Gasteiger partial charge on any atom is 0.281 e. The Bertz CT molecular complexity index is 1510. The van der Waals surface area contributed by atoms with Crippen LogP contribution in [0.2, 0.25) is 0 Å². The summed E-state index contributed by atoms with van der Waals surface area (Å²) in [4.78, 5) is 51.4. The number of nitrogens with zero attached hydrogens (tertiary/aromatic N) is 4. The molecule has 4 aromatic heterocycles. The molecule has 4 aromatic rings. The zero-order chi connectivity index (χ0) is 22.6. The first-order valence-corrected chi connectivity index (χ1v) is 13.0. The zero-order valence-corrected chi connectivity index (χ0v) is 20.3. The summed E-state index contributed by atoms with van der Waals surface area (Å²) < 4.78 is 2.81. The number of thiophene rings is 2. The average Bonchev–Trinajstić information content (AvgIpc) is 3.43. The van der Waals surface area contributed by atoms with Crippen molar-refractivity contribution < 1.29 is 4.79 Å². The predicted octanol–water partition coefficient (Wildman–Crippen LogP) is 3.22. The summed E-state index contributed by atoms with van der Waals surface area (Å²) in [6, 6.07) is 1.85. The Balaban J connectivity index is 1.41. The first kappa shape index (κ1) is 21.4. The third kappa shape index (κ3) is 3.48. The lowest BCUT2D eigenvalue weighted by molar-refractivity contribution is -0.114. The van der Waals surface area contributed by atoms with Gasteiger partial charge in [-0.1, -0.05) is 11.8 Å². The lowest BCUT2D eigenvalue weighted by Crippen LogP contribution is -2.36. The summed E-state index contributed by atoms with van der Waals surface area (Å²) in [6.45, 7) is 5.99. The van der Waals surface area contributed by atoms with Crippen molar-refractivity contribution in [1.29, 1.82) is 0 Å². The lowest BCUT2D eigenvalue weighted by atomic mass is 10.2. The van der Waals surface area contributed by atoms with Gasteiger partial charge in [-0.05, 0) is 51.7 Å². The van der Waals surface area contributed by atoms with Crippen LogP contribution >= 0.6 is 34.4 Å². The van der Waals surface area contributed by atoms with Gasteiger partial charge in [-0.3, -0.25) is 24.4 Å². The molecule has 0 radical (unpaired) electrons. The molecular weight excluding hydrogens is 466 g/mol. The van der Waals surface area contributed by atoms with Gasteiger partial charge in [0.05, 0.1) is 16.5 Å². The second-order valence-corrected chi connectivity index (χ2v) is 10.9. The van der Waals surface area contributed by atoms with Crippen molar-refractivity contribution in [2.75, 3.05) is 11.2 Å². The molecule has 1 amide bonds. The molecule has 11 heteroatoms. The Labute approximate surface area is 195 Å². The van der Waals surface area contributed by atoms with E-state index in [0.29, 0.717) is 33.1 Å². The zero-order valence-electron chi connectivity index (χ0n) is 17.9. The molecule has 0 aromatic carbocycles. The molecule has 4 heterocycles. The van der Waals surface area contributed by atoms with Crippen molar-refractivity contribution >= 4 is 60.8 Å². The Morgan fingerprint density at radius 3 is 2.75 bits per heavy atom. The van der Waals surface area contributed by atoms with E-state index in [0.717, 1.165) is 34.5 Å². The molecule has 166 valence electrons. The molecule has 0 aliphatic heterocycles. The number of carbonyl (C=O) groups is 1. The highest BCUT2D eigenvalue weighted by molar-refractivity contribution is 7.99. The van der Waals surface area contributed by atoms with Crippen LogP contribution < -0.4 is 16.5 Å². The van der Waals surface area contributed by atoms with Gasteiger partial charge in [0.15, 0.2) is 5.16 Å². The van der Waals surface area contributed by atoms with E-state index in [1.807, 2.05) is 19.9 Å². The van der Waals surface area contributed by atoms with Crippen LogP contribution in [0.3, 0.4) is 0 Å². The van der Waals surface area contributed by atoms with E-state index in [-0.39, 0.29) is 22.8 Å². The van der Waals surface area contributed by atoms with Crippen LogP contribution in [-0.2, 0) is 24.2 Å². The Kier molecular flexibility index (Phi) is 5.42. The molecule has 0 saturated heterocycles. The van der Waals surface area contributed by atoms with Crippen LogP contribution in [0.1, 0.15) is 34.5 Å². The summed E-state index contributed by atoms with van der Waals surface area (Å²) in [7, 11) is 0. The molecule has 0 spiro atoms. The molecule has 32 heavy (non-hydrogen) atoms. The minimum Gasteiger partial charge on any atom is -0.287 e. The number of aryl methyl sites for hydroxylation is 4. The van der Waals surface area contributed by atoms with Gasteiger partial charge in [0, 0.05) is 16.3 Å². The Morgan fingerprint density at radius 1 is 1.16 bits per heavy atom. The van der Waals surface area contributed by atoms with E-state index in [9.17, 15) is 14.4 Å². The van der Waals surface area contributed by atoms with Crippen molar-refractivity contribution in [2.24, 2.45) is 0 Å². The van der Waals surface area contributed by atoms with E-state index >= 15 is 0 Å². The minimum atomic E-state index is -0.354. The lowest BCUT2D eigenvalue weighted by Gasteiger charge is -2.12. The number of aromatic nitrogens is 4. The first-order valence-electron chi connectivity index (χ1n) is 10.3. The van der Waals surface area contributed by atoms with Crippen LogP contribution in [0.4, 0.5) is 0 Å². The second-order valence-electron chi connectivity index (χ2n) is 7.68. The first-order chi connectivity index (χ1) is 15.4. The van der Waals surface area contributed by atoms with Crippen molar-refractivity contribution in [3.05, 3.63) is 47.9 Å². The highest BCUT2D eigenvalue weighted by Gasteiger charge is 2.23. The maximum absolute atomic E-state index is 13.1. The van der Waals surface area contributed by atoms with E-state index in [4.69, 9.17) is 0 Å². The van der Waals surface area contributed by atoms with Crippen molar-refractivity contribution in [2.45, 2.75) is 51.7 Å². The summed E-state index contributed by atoms with van der Waals surface area (Å²) in [5, 5.41) is 1.73. The van der Waals surface area contributed by atoms with Gasteiger partial charge in [-0.25, -0.2) is 14.6 Å². The maximum atomic E-state index is 13.1. The number of rotatable bonds is 5. The number of hydrogen-bond donors (Lipinski definition) is 1. The fourth-order valence-corrected chi connectivity index (χ4v) is 7.14. The van der Waals surface area contributed by atoms with E-state index < -0.39 is 0 Å². The van der Waals surface area contributed by atoms with Crippen molar-refractivity contribution in [1.82, 2.24) is 19.2 Å². The molecule has 0 unspecified atom stereocenters. The number of amides is 1. The summed E-state index contributed by atoms with van der Waals surface area (Å²) >= 11 is 4.23. The molecule has 0 bridgehead atoms. The normalized spacial score (nSPS) is 13.2. The third-order valence-electron chi connectivity index (χ3n) is 5.53. The van der Waals surface area contributed by atoms with Gasteiger partial charge in [-0.15, -0.1) is 22.7 Å². The third-order valence-corrected chi connectivity index (χ3v) is 8.64. The molecule has 1 aliphatic rings. The average molecular weight is 488 g/mol.